The van der Waals surface area contributed by atoms with Gasteiger partial charge < -0.3 is 9.90 Å². The molecule has 1 fully saturated rings. The molecular weight excluding hydrogens is 232 g/mol. The number of hydrogen-bond acceptors (Lipinski definition) is 3. The number of rotatable bonds is 3. The summed E-state index contributed by atoms with van der Waals surface area (Å²) in [6.45, 7) is -0.873. The minimum Gasteiger partial charge on any atom is -0.548 e. The molecule has 1 aliphatic rings. The Hall–Kier alpha value is -0.933. The molecule has 1 aromatic heterocycles. The molecule has 4 nitrogen and oxygen atoms in total. The van der Waals surface area contributed by atoms with E-state index < -0.39 is 24.4 Å². The van der Waals surface area contributed by atoms with E-state index in [9.17, 15) is 23.1 Å². The number of hydrogen-bond donors (Lipinski definition) is 0. The standard InChI is InChI=1S/C9H9F3N2O2.Li/c10-9(11,12)7-3-6(5-1-2-5)13-14(7)4-8(15)16;/h3,5H,1-2,4H2,(H,15,16);/q;+1/p-1. The van der Waals surface area contributed by atoms with E-state index in [2.05, 4.69) is 5.10 Å². The zero-order valence-corrected chi connectivity index (χ0v) is 9.12. The Morgan fingerprint density at radius 1 is 1.53 bits per heavy atom. The van der Waals surface area contributed by atoms with Gasteiger partial charge in [0.2, 0.25) is 0 Å². The van der Waals surface area contributed by atoms with Crippen LogP contribution in [0.1, 0.15) is 30.1 Å². The molecule has 2 rings (SSSR count). The number of carboxylic acid groups (broad SMARTS) is 1. The summed E-state index contributed by atoms with van der Waals surface area (Å²) in [5.74, 6) is -1.54. The smallest absolute Gasteiger partial charge is 0.548 e. The van der Waals surface area contributed by atoms with Gasteiger partial charge >= 0.3 is 25.0 Å². The maximum atomic E-state index is 12.5. The Bertz CT molecular complexity index is 426. The van der Waals surface area contributed by atoms with Crippen LogP contribution in [0, 0.1) is 0 Å². The molecule has 0 aromatic carbocycles. The molecule has 1 aromatic rings. The van der Waals surface area contributed by atoms with Crippen LogP contribution in [0.5, 0.6) is 0 Å². The number of aromatic nitrogens is 2. The second-order valence-electron chi connectivity index (χ2n) is 3.76. The zero-order valence-electron chi connectivity index (χ0n) is 9.12. The van der Waals surface area contributed by atoms with Crippen molar-refractivity contribution in [3.8, 4) is 0 Å². The molecule has 0 spiro atoms. The fraction of sp³-hybridized carbons (Fsp3) is 0.556. The summed E-state index contributed by atoms with van der Waals surface area (Å²) < 4.78 is 38.0. The summed E-state index contributed by atoms with van der Waals surface area (Å²) in [5.41, 5.74) is -0.716. The first-order valence-electron chi connectivity index (χ1n) is 4.72. The van der Waals surface area contributed by atoms with E-state index in [4.69, 9.17) is 0 Å². The molecule has 1 heterocycles. The van der Waals surface area contributed by atoms with Gasteiger partial charge in [0.05, 0.1) is 18.2 Å². The summed E-state index contributed by atoms with van der Waals surface area (Å²) in [4.78, 5) is 10.3. The molecule has 1 aliphatic carbocycles. The van der Waals surface area contributed by atoms with Crippen molar-refractivity contribution in [2.45, 2.75) is 31.5 Å². The minimum absolute atomic E-state index is 0. The average Bonchev–Trinajstić information content (AvgIpc) is 2.86. The molecule has 0 atom stereocenters. The summed E-state index contributed by atoms with van der Waals surface area (Å²) >= 11 is 0. The molecule has 0 bridgehead atoms. The van der Waals surface area contributed by atoms with E-state index in [0.717, 1.165) is 18.9 Å². The fourth-order valence-corrected chi connectivity index (χ4v) is 1.49. The zero-order chi connectivity index (χ0) is 11.9. The maximum Gasteiger partial charge on any atom is 1.00 e. The number of carbonyl (C=O) groups excluding carboxylic acids is 1. The van der Waals surface area contributed by atoms with E-state index in [1.165, 1.54) is 0 Å². The van der Waals surface area contributed by atoms with Crippen molar-refractivity contribution in [1.29, 1.82) is 0 Å². The average molecular weight is 240 g/mol. The quantitative estimate of drug-likeness (QED) is 0.550. The molecule has 0 N–H and O–H groups in total. The number of alkyl halides is 3. The SMILES string of the molecule is O=C([O-])Cn1nc(C2CC2)cc1C(F)(F)F.[Li+]. The predicted molar refractivity (Wildman–Crippen MR) is 44.2 cm³/mol. The van der Waals surface area contributed by atoms with Gasteiger partial charge in [0.15, 0.2) is 0 Å². The van der Waals surface area contributed by atoms with Crippen LogP contribution in [0.4, 0.5) is 13.2 Å². The van der Waals surface area contributed by atoms with Gasteiger partial charge in [0, 0.05) is 5.92 Å². The van der Waals surface area contributed by atoms with Crippen molar-refractivity contribution in [3.63, 3.8) is 0 Å². The van der Waals surface area contributed by atoms with Crippen molar-refractivity contribution in [3.05, 3.63) is 17.5 Å². The number of halogens is 3. The Kier molecular flexibility index (Phi) is 3.94. The van der Waals surface area contributed by atoms with E-state index >= 15 is 0 Å². The van der Waals surface area contributed by atoms with Crippen LogP contribution in [0.25, 0.3) is 0 Å². The first kappa shape index (κ1) is 14.1. The van der Waals surface area contributed by atoms with Crippen LogP contribution >= 0.6 is 0 Å². The summed E-state index contributed by atoms with van der Waals surface area (Å²) in [5, 5.41) is 14.0. The van der Waals surface area contributed by atoms with Crippen LogP contribution in [0.15, 0.2) is 6.07 Å². The topological polar surface area (TPSA) is 57.9 Å². The molecule has 0 saturated heterocycles. The summed E-state index contributed by atoms with van der Waals surface area (Å²) in [6, 6.07) is 0.917. The minimum atomic E-state index is -4.59. The third kappa shape index (κ3) is 3.27. The van der Waals surface area contributed by atoms with Crippen molar-refractivity contribution in [2.75, 3.05) is 0 Å². The van der Waals surface area contributed by atoms with Crippen LogP contribution in [0.2, 0.25) is 0 Å². The molecule has 0 unspecified atom stereocenters. The molecule has 88 valence electrons. The number of nitrogens with zero attached hydrogens (tertiary/aromatic N) is 2. The van der Waals surface area contributed by atoms with Crippen molar-refractivity contribution in [1.82, 2.24) is 9.78 Å². The Morgan fingerprint density at radius 2 is 2.12 bits per heavy atom. The molecule has 0 aliphatic heterocycles. The Morgan fingerprint density at radius 3 is 2.53 bits per heavy atom. The largest absolute Gasteiger partial charge is 1.00 e. The normalized spacial score (nSPS) is 15.5. The molecule has 17 heavy (non-hydrogen) atoms. The van der Waals surface area contributed by atoms with Gasteiger partial charge in [0.1, 0.15) is 5.69 Å². The monoisotopic (exact) mass is 240 g/mol. The van der Waals surface area contributed by atoms with E-state index in [1.54, 1.807) is 0 Å². The van der Waals surface area contributed by atoms with E-state index in [1.807, 2.05) is 0 Å². The summed E-state index contributed by atoms with van der Waals surface area (Å²) in [7, 11) is 0. The predicted octanol–water partition coefficient (Wildman–Crippen LogP) is -2.47. The molecule has 8 heteroatoms. The van der Waals surface area contributed by atoms with Crippen LogP contribution in [-0.2, 0) is 17.5 Å². The molecule has 0 radical (unpaired) electrons. The Balaban J connectivity index is 0.00000144. The van der Waals surface area contributed by atoms with E-state index in [0.29, 0.717) is 10.4 Å². The third-order valence-electron chi connectivity index (χ3n) is 2.36. The Labute approximate surface area is 107 Å². The van der Waals surface area contributed by atoms with Gasteiger partial charge in [-0.15, -0.1) is 0 Å². The van der Waals surface area contributed by atoms with Crippen molar-refractivity contribution >= 4 is 5.97 Å². The van der Waals surface area contributed by atoms with Crippen LogP contribution < -0.4 is 24.0 Å². The third-order valence-corrected chi connectivity index (χ3v) is 2.36. The van der Waals surface area contributed by atoms with Gasteiger partial charge in [0.25, 0.3) is 0 Å². The van der Waals surface area contributed by atoms with Gasteiger partial charge in [-0.3, -0.25) is 4.68 Å². The van der Waals surface area contributed by atoms with Gasteiger partial charge in [-0.2, -0.15) is 18.3 Å². The number of aliphatic carboxylic acids is 1. The van der Waals surface area contributed by atoms with E-state index in [-0.39, 0.29) is 24.8 Å². The van der Waals surface area contributed by atoms with Crippen molar-refractivity contribution in [2.24, 2.45) is 0 Å². The summed E-state index contributed by atoms with van der Waals surface area (Å²) in [6.07, 6.45) is -2.98. The van der Waals surface area contributed by atoms with Gasteiger partial charge in [-0.05, 0) is 18.9 Å². The second kappa shape index (κ2) is 4.75. The fourth-order valence-electron chi connectivity index (χ4n) is 1.49. The molecular formula is C9H8F3LiN2O2. The first-order valence-corrected chi connectivity index (χ1v) is 4.72. The first-order chi connectivity index (χ1) is 7.38. The number of carboxylic acids is 1. The molecule has 1 saturated carbocycles. The maximum absolute atomic E-state index is 12.5. The van der Waals surface area contributed by atoms with Crippen LogP contribution in [0.3, 0.4) is 0 Å². The number of carbonyl (C=O) groups is 1. The molecule has 0 amide bonds. The van der Waals surface area contributed by atoms with Gasteiger partial charge in [-0.25, -0.2) is 0 Å². The van der Waals surface area contributed by atoms with Crippen molar-refractivity contribution < 1.29 is 41.9 Å². The van der Waals surface area contributed by atoms with Gasteiger partial charge in [-0.1, -0.05) is 0 Å². The van der Waals surface area contributed by atoms with Crippen LogP contribution in [-0.4, -0.2) is 15.7 Å². The second-order valence-corrected chi connectivity index (χ2v) is 3.76.